The number of rotatable bonds is 3. The van der Waals surface area contributed by atoms with E-state index in [2.05, 4.69) is 5.32 Å². The molecule has 0 aliphatic carbocycles. The van der Waals surface area contributed by atoms with Gasteiger partial charge in [0.25, 0.3) is 5.91 Å². The molecule has 0 saturated carbocycles. The number of piperazine rings is 1. The highest BCUT2D eigenvalue weighted by Gasteiger charge is 2.21. The van der Waals surface area contributed by atoms with E-state index < -0.39 is 0 Å². The molecule has 0 unspecified atom stereocenters. The largest absolute Gasteiger partial charge is 0.342 e. The minimum absolute atomic E-state index is 0.0510. The summed E-state index contributed by atoms with van der Waals surface area (Å²) in [6.07, 6.45) is 0.810. The van der Waals surface area contributed by atoms with Gasteiger partial charge in [-0.2, -0.15) is 0 Å². The van der Waals surface area contributed by atoms with Crippen LogP contribution in [0.2, 0.25) is 0 Å². The molecule has 3 amide bonds. The zero-order valence-electron chi connectivity index (χ0n) is 11.3. The Kier molecular flexibility index (Phi) is 4.34. The fourth-order valence-electron chi connectivity index (χ4n) is 2.11. The van der Waals surface area contributed by atoms with Crippen LogP contribution in [0.1, 0.15) is 17.3 Å². The average Bonchev–Trinajstić information content (AvgIpc) is 2.47. The summed E-state index contributed by atoms with van der Waals surface area (Å²) in [7, 11) is 0. The summed E-state index contributed by atoms with van der Waals surface area (Å²) in [6, 6.07) is 6.80. The van der Waals surface area contributed by atoms with Crippen LogP contribution in [0.5, 0.6) is 0 Å². The minimum atomic E-state index is -0.144. The van der Waals surface area contributed by atoms with Gasteiger partial charge in [-0.15, -0.1) is 0 Å². The summed E-state index contributed by atoms with van der Waals surface area (Å²) in [5.74, 6) is -0.195. The van der Waals surface area contributed by atoms with Gasteiger partial charge in [-0.1, -0.05) is 0 Å². The first-order valence-electron chi connectivity index (χ1n) is 6.46. The zero-order chi connectivity index (χ0) is 14.5. The van der Waals surface area contributed by atoms with Crippen molar-refractivity contribution in [1.82, 2.24) is 9.80 Å². The first-order chi connectivity index (χ1) is 9.60. The highest BCUT2D eigenvalue weighted by atomic mass is 16.2. The Hall–Kier alpha value is -2.37. The predicted molar refractivity (Wildman–Crippen MR) is 74.3 cm³/mol. The SMILES string of the molecule is CC(=O)Nc1ccc(C(=O)N2CCN(C=O)CC2)cc1. The molecule has 0 bridgehead atoms. The van der Waals surface area contributed by atoms with Gasteiger partial charge in [0.05, 0.1) is 0 Å². The van der Waals surface area contributed by atoms with Crippen LogP contribution in [-0.2, 0) is 9.59 Å². The fraction of sp³-hybridized carbons (Fsp3) is 0.357. The van der Waals surface area contributed by atoms with Crippen molar-refractivity contribution < 1.29 is 14.4 Å². The minimum Gasteiger partial charge on any atom is -0.342 e. The summed E-state index contributed by atoms with van der Waals surface area (Å²) < 4.78 is 0. The molecular weight excluding hydrogens is 258 g/mol. The van der Waals surface area contributed by atoms with Crippen LogP contribution in [0.25, 0.3) is 0 Å². The summed E-state index contributed by atoms with van der Waals surface area (Å²) in [5, 5.41) is 2.65. The molecule has 0 radical (unpaired) electrons. The van der Waals surface area contributed by atoms with E-state index in [-0.39, 0.29) is 11.8 Å². The molecule has 0 spiro atoms. The number of nitrogens with zero attached hydrogens (tertiary/aromatic N) is 2. The van der Waals surface area contributed by atoms with Crippen LogP contribution >= 0.6 is 0 Å². The van der Waals surface area contributed by atoms with Gasteiger partial charge in [-0.25, -0.2) is 0 Å². The lowest BCUT2D eigenvalue weighted by molar-refractivity contribution is -0.119. The lowest BCUT2D eigenvalue weighted by Crippen LogP contribution is -2.48. The third kappa shape index (κ3) is 3.34. The third-order valence-corrected chi connectivity index (χ3v) is 3.20. The smallest absolute Gasteiger partial charge is 0.253 e. The molecule has 2 rings (SSSR count). The highest BCUT2D eigenvalue weighted by molar-refractivity contribution is 5.95. The quantitative estimate of drug-likeness (QED) is 0.819. The number of anilines is 1. The van der Waals surface area contributed by atoms with Gasteiger partial charge in [0.15, 0.2) is 0 Å². The van der Waals surface area contributed by atoms with E-state index in [0.717, 1.165) is 6.41 Å². The molecule has 1 aromatic rings. The molecule has 1 saturated heterocycles. The monoisotopic (exact) mass is 275 g/mol. The van der Waals surface area contributed by atoms with E-state index in [1.807, 2.05) is 0 Å². The Balaban J connectivity index is 1.99. The van der Waals surface area contributed by atoms with Crippen molar-refractivity contribution in [2.24, 2.45) is 0 Å². The van der Waals surface area contributed by atoms with Crippen molar-refractivity contribution in [3.8, 4) is 0 Å². The Labute approximate surface area is 117 Å². The van der Waals surface area contributed by atoms with Gasteiger partial charge in [0.1, 0.15) is 0 Å². The van der Waals surface area contributed by atoms with E-state index in [4.69, 9.17) is 0 Å². The number of carbonyl (C=O) groups excluding carboxylic acids is 3. The Morgan fingerprint density at radius 2 is 1.70 bits per heavy atom. The molecule has 106 valence electrons. The van der Waals surface area contributed by atoms with Crippen molar-refractivity contribution in [3.63, 3.8) is 0 Å². The van der Waals surface area contributed by atoms with E-state index in [1.54, 1.807) is 34.1 Å². The maximum Gasteiger partial charge on any atom is 0.253 e. The highest BCUT2D eigenvalue weighted by Crippen LogP contribution is 2.12. The standard InChI is InChI=1S/C14H17N3O3/c1-11(19)15-13-4-2-12(3-5-13)14(20)17-8-6-16(10-18)7-9-17/h2-5,10H,6-9H2,1H3,(H,15,19). The normalized spacial score (nSPS) is 14.8. The molecule has 1 N–H and O–H groups in total. The lowest BCUT2D eigenvalue weighted by Gasteiger charge is -2.32. The van der Waals surface area contributed by atoms with Gasteiger partial charge in [0.2, 0.25) is 12.3 Å². The first kappa shape index (κ1) is 14.0. The van der Waals surface area contributed by atoms with E-state index >= 15 is 0 Å². The van der Waals surface area contributed by atoms with E-state index in [0.29, 0.717) is 37.4 Å². The molecule has 1 aliphatic heterocycles. The second-order valence-corrected chi connectivity index (χ2v) is 4.69. The molecular formula is C14H17N3O3. The number of hydrogen-bond acceptors (Lipinski definition) is 3. The molecule has 1 fully saturated rings. The van der Waals surface area contributed by atoms with E-state index in [9.17, 15) is 14.4 Å². The number of amides is 3. The van der Waals surface area contributed by atoms with Crippen molar-refractivity contribution in [2.45, 2.75) is 6.92 Å². The van der Waals surface area contributed by atoms with Crippen LogP contribution in [0.4, 0.5) is 5.69 Å². The number of benzene rings is 1. The molecule has 0 aromatic heterocycles. The molecule has 1 aliphatic rings. The maximum atomic E-state index is 12.3. The molecule has 0 atom stereocenters. The number of hydrogen-bond donors (Lipinski definition) is 1. The average molecular weight is 275 g/mol. The Bertz CT molecular complexity index is 505. The maximum absolute atomic E-state index is 12.3. The fourth-order valence-corrected chi connectivity index (χ4v) is 2.11. The Morgan fingerprint density at radius 3 is 2.20 bits per heavy atom. The van der Waals surface area contributed by atoms with Crippen molar-refractivity contribution in [3.05, 3.63) is 29.8 Å². The molecule has 6 heteroatoms. The summed E-state index contributed by atoms with van der Waals surface area (Å²) in [4.78, 5) is 37.2. The van der Waals surface area contributed by atoms with Gasteiger partial charge in [-0.3, -0.25) is 14.4 Å². The summed E-state index contributed by atoms with van der Waals surface area (Å²) in [5.41, 5.74) is 1.25. The van der Waals surface area contributed by atoms with Crippen molar-refractivity contribution in [2.75, 3.05) is 31.5 Å². The van der Waals surface area contributed by atoms with Gasteiger partial charge >= 0.3 is 0 Å². The van der Waals surface area contributed by atoms with Crippen LogP contribution in [0.15, 0.2) is 24.3 Å². The van der Waals surface area contributed by atoms with Gasteiger partial charge in [-0.05, 0) is 24.3 Å². The first-order valence-corrected chi connectivity index (χ1v) is 6.46. The molecule has 20 heavy (non-hydrogen) atoms. The molecule has 1 aromatic carbocycles. The summed E-state index contributed by atoms with van der Waals surface area (Å²) in [6.45, 7) is 3.67. The van der Waals surface area contributed by atoms with Gasteiger partial charge in [0, 0.05) is 44.4 Å². The second kappa shape index (κ2) is 6.18. The van der Waals surface area contributed by atoms with Crippen molar-refractivity contribution >= 4 is 23.9 Å². The molecule has 1 heterocycles. The van der Waals surface area contributed by atoms with Crippen molar-refractivity contribution in [1.29, 1.82) is 0 Å². The topological polar surface area (TPSA) is 69.7 Å². The van der Waals surface area contributed by atoms with Gasteiger partial charge < -0.3 is 15.1 Å². The third-order valence-electron chi connectivity index (χ3n) is 3.20. The zero-order valence-corrected chi connectivity index (χ0v) is 11.3. The lowest BCUT2D eigenvalue weighted by atomic mass is 10.1. The van der Waals surface area contributed by atoms with Crippen LogP contribution in [0.3, 0.4) is 0 Å². The van der Waals surface area contributed by atoms with Crippen LogP contribution in [0, 0.1) is 0 Å². The predicted octanol–water partition coefficient (Wildman–Crippen LogP) is 0.559. The van der Waals surface area contributed by atoms with Crippen LogP contribution in [-0.4, -0.2) is 54.2 Å². The molecule has 6 nitrogen and oxygen atoms in total. The second-order valence-electron chi connectivity index (χ2n) is 4.69. The Morgan fingerprint density at radius 1 is 1.10 bits per heavy atom. The number of nitrogens with one attached hydrogen (secondary N) is 1. The van der Waals surface area contributed by atoms with Crippen LogP contribution < -0.4 is 5.32 Å². The summed E-state index contributed by atoms with van der Waals surface area (Å²) >= 11 is 0. The number of carbonyl (C=O) groups is 3. The van der Waals surface area contributed by atoms with E-state index in [1.165, 1.54) is 6.92 Å².